The van der Waals surface area contributed by atoms with E-state index >= 15 is 0 Å². The molecule has 0 heterocycles. The largest absolute Gasteiger partial charge is 0.635 e. The van der Waals surface area contributed by atoms with Crippen LogP contribution in [-0.2, 0) is 29.1 Å². The summed E-state index contributed by atoms with van der Waals surface area (Å²) in [5.74, 6) is -2.28. The third kappa shape index (κ3) is 20.1. The SMILES string of the molecule is NC(N)=NCCC[C@H]([NH2+][O-])C(=O)O.NC(N)=NCCC[C@H]([NH2+][O-])C(=O)O.[Zn]. The van der Waals surface area contributed by atoms with Gasteiger partial charge in [0, 0.05) is 45.4 Å². The first kappa shape index (κ1) is 29.7. The molecule has 14 N–H and O–H groups in total. The summed E-state index contributed by atoms with van der Waals surface area (Å²) in [5, 5.41) is 37.3. The van der Waals surface area contributed by atoms with Crippen LogP contribution in [0.3, 0.4) is 0 Å². The first-order valence-corrected chi connectivity index (χ1v) is 7.62. The Morgan fingerprint density at radius 2 is 1.11 bits per heavy atom. The van der Waals surface area contributed by atoms with Gasteiger partial charge in [0.1, 0.15) is 0 Å². The van der Waals surface area contributed by atoms with Crippen LogP contribution in [0.5, 0.6) is 0 Å². The van der Waals surface area contributed by atoms with Crippen molar-refractivity contribution in [1.29, 1.82) is 0 Å². The molecule has 0 spiro atoms. The van der Waals surface area contributed by atoms with Crippen molar-refractivity contribution in [3.05, 3.63) is 10.4 Å². The smallest absolute Gasteiger partial charge is 0.362 e. The minimum Gasteiger partial charge on any atom is -0.635 e. The Bertz CT molecular complexity index is 429. The van der Waals surface area contributed by atoms with E-state index in [1.807, 2.05) is 0 Å². The average molecular weight is 446 g/mol. The zero-order chi connectivity index (χ0) is 20.5. The van der Waals surface area contributed by atoms with Gasteiger partial charge in [-0.3, -0.25) is 9.98 Å². The Kier molecular flexibility index (Phi) is 20.6. The minimum absolute atomic E-state index is 0. The van der Waals surface area contributed by atoms with Crippen LogP contribution in [0.1, 0.15) is 25.7 Å². The molecular weight excluding hydrogens is 418 g/mol. The number of aliphatic carboxylic acids is 2. The number of hydrogen-bond donors (Lipinski definition) is 8. The van der Waals surface area contributed by atoms with Crippen LogP contribution in [0.25, 0.3) is 0 Å². The Morgan fingerprint density at radius 1 is 0.815 bits per heavy atom. The number of hydrogen-bond acceptors (Lipinski definition) is 6. The Labute approximate surface area is 168 Å². The molecule has 0 bridgehead atoms. The molecule has 0 aliphatic rings. The van der Waals surface area contributed by atoms with E-state index in [1.165, 1.54) is 0 Å². The van der Waals surface area contributed by atoms with E-state index in [9.17, 15) is 20.0 Å². The second-order valence-corrected chi connectivity index (χ2v) is 5.06. The van der Waals surface area contributed by atoms with Gasteiger partial charge in [0.05, 0.1) is 0 Å². The fourth-order valence-corrected chi connectivity index (χ4v) is 1.54. The number of rotatable bonds is 12. The fourth-order valence-electron chi connectivity index (χ4n) is 1.54. The second kappa shape index (κ2) is 18.7. The second-order valence-electron chi connectivity index (χ2n) is 5.06. The fraction of sp³-hybridized carbons (Fsp3) is 0.667. The molecule has 0 aliphatic carbocycles. The van der Waals surface area contributed by atoms with Crippen LogP contribution in [-0.4, -0.2) is 59.2 Å². The van der Waals surface area contributed by atoms with Gasteiger partial charge in [0.25, 0.3) is 0 Å². The zero-order valence-corrected chi connectivity index (χ0v) is 18.0. The maximum absolute atomic E-state index is 10.3. The molecule has 0 aromatic heterocycles. The third-order valence-electron chi connectivity index (χ3n) is 2.90. The molecule has 0 fully saturated rings. The van der Waals surface area contributed by atoms with Gasteiger partial charge in [-0.2, -0.15) is 0 Å². The van der Waals surface area contributed by atoms with Crippen molar-refractivity contribution in [1.82, 2.24) is 0 Å². The number of carboxylic acid groups (broad SMARTS) is 2. The number of nitrogens with zero attached hydrogens (tertiary/aromatic N) is 2. The first-order chi connectivity index (χ1) is 12.1. The van der Waals surface area contributed by atoms with Crippen LogP contribution < -0.4 is 33.9 Å². The summed E-state index contributed by atoms with van der Waals surface area (Å²) in [6.07, 6.45) is 1.48. The number of aliphatic imine (C=N–C) groups is 2. The van der Waals surface area contributed by atoms with E-state index in [4.69, 9.17) is 33.1 Å². The summed E-state index contributed by atoms with van der Waals surface area (Å²) in [5.41, 5.74) is 21.0. The average Bonchev–Trinajstić information content (AvgIpc) is 2.54. The molecule has 15 heteroatoms. The molecule has 0 amide bonds. The van der Waals surface area contributed by atoms with Crippen LogP contribution in [0.15, 0.2) is 9.98 Å². The van der Waals surface area contributed by atoms with Gasteiger partial charge < -0.3 is 54.5 Å². The van der Waals surface area contributed by atoms with Crippen molar-refractivity contribution in [2.75, 3.05) is 13.1 Å². The normalized spacial score (nSPS) is 11.6. The van der Waals surface area contributed by atoms with E-state index in [1.54, 1.807) is 0 Å². The molecule has 0 unspecified atom stereocenters. The predicted molar refractivity (Wildman–Crippen MR) is 93.3 cm³/mol. The first-order valence-electron chi connectivity index (χ1n) is 7.62. The van der Waals surface area contributed by atoms with Crippen LogP contribution in [0.4, 0.5) is 0 Å². The van der Waals surface area contributed by atoms with Gasteiger partial charge >= 0.3 is 11.9 Å². The Balaban J connectivity index is -0.000000411. The van der Waals surface area contributed by atoms with E-state index in [2.05, 4.69) is 9.98 Å². The van der Waals surface area contributed by atoms with Gasteiger partial charge in [0.15, 0.2) is 24.0 Å². The molecule has 14 nitrogen and oxygen atoms in total. The molecular formula is C12H28N8O6Zn. The number of carbonyl (C=O) groups is 2. The summed E-state index contributed by atoms with van der Waals surface area (Å²) in [6, 6.07) is -1.90. The van der Waals surface area contributed by atoms with Crippen LogP contribution in [0, 0.1) is 10.4 Å². The predicted octanol–water partition coefficient (Wildman–Crippen LogP) is -4.89. The van der Waals surface area contributed by atoms with Crippen LogP contribution >= 0.6 is 0 Å². The Hall–Kier alpha value is -2.06. The van der Waals surface area contributed by atoms with Crippen molar-refractivity contribution in [2.24, 2.45) is 32.9 Å². The quantitative estimate of drug-likeness (QED) is 0.0465. The van der Waals surface area contributed by atoms with E-state index in [0.29, 0.717) is 36.9 Å². The van der Waals surface area contributed by atoms with Gasteiger partial charge in [0.2, 0.25) is 0 Å². The maximum Gasteiger partial charge on any atom is 0.362 e. The van der Waals surface area contributed by atoms with Crippen LogP contribution in [0.2, 0.25) is 0 Å². The van der Waals surface area contributed by atoms with Gasteiger partial charge in [-0.1, -0.05) is 0 Å². The monoisotopic (exact) mass is 444 g/mol. The topological polar surface area (TPSA) is 283 Å². The summed E-state index contributed by atoms with van der Waals surface area (Å²) < 4.78 is 0. The molecule has 2 atom stereocenters. The van der Waals surface area contributed by atoms with Gasteiger partial charge in [-0.05, 0) is 12.8 Å². The molecule has 0 aromatic carbocycles. The molecule has 0 saturated carbocycles. The zero-order valence-electron chi connectivity index (χ0n) is 15.0. The molecule has 27 heavy (non-hydrogen) atoms. The Morgan fingerprint density at radius 3 is 1.30 bits per heavy atom. The van der Waals surface area contributed by atoms with E-state index in [0.717, 1.165) is 0 Å². The van der Waals surface area contributed by atoms with Crippen molar-refractivity contribution in [3.63, 3.8) is 0 Å². The summed E-state index contributed by atoms with van der Waals surface area (Å²) in [7, 11) is 0. The van der Waals surface area contributed by atoms with Gasteiger partial charge in [-0.25, -0.2) is 9.59 Å². The molecule has 0 saturated heterocycles. The van der Waals surface area contributed by atoms with E-state index < -0.39 is 24.0 Å². The van der Waals surface area contributed by atoms with Crippen molar-refractivity contribution in [3.8, 4) is 0 Å². The number of hydroxylamine groups is 2. The molecule has 0 rings (SSSR count). The molecule has 0 aromatic rings. The number of carboxylic acids is 2. The minimum atomic E-state index is -1.11. The summed E-state index contributed by atoms with van der Waals surface area (Å²) >= 11 is 0. The molecule has 0 radical (unpaired) electrons. The van der Waals surface area contributed by atoms with Gasteiger partial charge in [-0.15, -0.1) is 0 Å². The molecule has 0 aliphatic heterocycles. The third-order valence-corrected chi connectivity index (χ3v) is 2.90. The summed E-state index contributed by atoms with van der Waals surface area (Å²) in [6.45, 7) is 0.694. The van der Waals surface area contributed by atoms with Crippen molar-refractivity contribution < 1.29 is 50.2 Å². The number of quaternary nitrogens is 2. The van der Waals surface area contributed by atoms with E-state index in [-0.39, 0.29) is 44.2 Å². The standard InChI is InChI=1S/2C6H14N4O3.Zn/c2*7-6(8)9-3-1-2-4(10-13)5(11)12;/h2*4H,1-3,10H2,(H,11,12)(H4,7,8,9);/t2*4-;/m00./s1. The number of nitrogens with two attached hydrogens (primary N) is 6. The number of guanidine groups is 2. The summed E-state index contributed by atoms with van der Waals surface area (Å²) in [4.78, 5) is 28.0. The maximum atomic E-state index is 10.3. The van der Waals surface area contributed by atoms with Crippen molar-refractivity contribution >= 4 is 23.9 Å². The molecule has 154 valence electrons. The van der Waals surface area contributed by atoms with Crippen molar-refractivity contribution in [2.45, 2.75) is 37.8 Å².